The summed E-state index contributed by atoms with van der Waals surface area (Å²) < 4.78 is 0. The molecule has 0 spiro atoms. The van der Waals surface area contributed by atoms with Crippen molar-refractivity contribution in [3.63, 3.8) is 0 Å². The molecular formula is C19H26N4O. The van der Waals surface area contributed by atoms with Gasteiger partial charge in [0.2, 0.25) is 5.91 Å². The van der Waals surface area contributed by atoms with Crippen molar-refractivity contribution in [3.8, 4) is 0 Å². The lowest BCUT2D eigenvalue weighted by Gasteiger charge is -2.33. The second-order valence-corrected chi connectivity index (χ2v) is 6.55. The van der Waals surface area contributed by atoms with Gasteiger partial charge in [0, 0.05) is 19.6 Å². The molecule has 1 aliphatic heterocycles. The molecule has 0 saturated carbocycles. The third-order valence-corrected chi connectivity index (χ3v) is 4.64. The van der Waals surface area contributed by atoms with Crippen LogP contribution in [0.5, 0.6) is 0 Å². The Hall–Kier alpha value is -2.17. The van der Waals surface area contributed by atoms with Crippen molar-refractivity contribution in [3.05, 3.63) is 30.0 Å². The lowest BCUT2D eigenvalue weighted by Crippen LogP contribution is -2.43. The van der Waals surface area contributed by atoms with Crippen molar-refractivity contribution in [2.75, 3.05) is 24.5 Å². The molecule has 2 aromatic rings. The van der Waals surface area contributed by atoms with Gasteiger partial charge in [0.05, 0.1) is 22.6 Å². The highest BCUT2D eigenvalue weighted by Gasteiger charge is 2.27. The van der Waals surface area contributed by atoms with Gasteiger partial charge in [-0.05, 0) is 38.3 Å². The predicted octanol–water partition coefficient (Wildman–Crippen LogP) is 3.07. The molecule has 1 unspecified atom stereocenters. The highest BCUT2D eigenvalue weighted by molar-refractivity contribution is 5.80. The van der Waals surface area contributed by atoms with E-state index in [-0.39, 0.29) is 11.8 Å². The van der Waals surface area contributed by atoms with Crippen molar-refractivity contribution >= 4 is 22.8 Å². The summed E-state index contributed by atoms with van der Waals surface area (Å²) in [6.45, 7) is 6.58. The van der Waals surface area contributed by atoms with E-state index in [1.165, 1.54) is 0 Å². The first-order valence-electron chi connectivity index (χ1n) is 8.95. The van der Waals surface area contributed by atoms with Crippen LogP contribution in [-0.2, 0) is 4.79 Å². The fourth-order valence-corrected chi connectivity index (χ4v) is 3.29. The van der Waals surface area contributed by atoms with Crippen molar-refractivity contribution in [1.29, 1.82) is 0 Å². The zero-order valence-corrected chi connectivity index (χ0v) is 14.6. The van der Waals surface area contributed by atoms with Crippen molar-refractivity contribution in [1.82, 2.24) is 15.3 Å². The molecule has 1 aliphatic rings. The van der Waals surface area contributed by atoms with Crippen LogP contribution in [0.15, 0.2) is 24.3 Å². The van der Waals surface area contributed by atoms with Crippen molar-refractivity contribution in [2.45, 2.75) is 39.5 Å². The lowest BCUT2D eigenvalue weighted by molar-refractivity contribution is -0.125. The molecule has 0 bridgehead atoms. The summed E-state index contributed by atoms with van der Waals surface area (Å²) in [6.07, 6.45) is 4.11. The summed E-state index contributed by atoms with van der Waals surface area (Å²) in [5.74, 6) is 1.14. The molecular weight excluding hydrogens is 300 g/mol. The summed E-state index contributed by atoms with van der Waals surface area (Å²) in [5.41, 5.74) is 2.76. The molecule has 0 aliphatic carbocycles. The summed E-state index contributed by atoms with van der Waals surface area (Å²) in [5, 5.41) is 3.07. The van der Waals surface area contributed by atoms with Crippen LogP contribution in [-0.4, -0.2) is 35.5 Å². The maximum Gasteiger partial charge on any atom is 0.224 e. The quantitative estimate of drug-likeness (QED) is 0.858. The number of amides is 1. The Morgan fingerprint density at radius 1 is 1.29 bits per heavy atom. The van der Waals surface area contributed by atoms with Crippen LogP contribution in [0.4, 0.5) is 5.82 Å². The maximum absolute atomic E-state index is 12.4. The number of rotatable bonds is 5. The summed E-state index contributed by atoms with van der Waals surface area (Å²) in [7, 11) is 0. The van der Waals surface area contributed by atoms with Crippen molar-refractivity contribution in [2.24, 2.45) is 5.92 Å². The number of anilines is 1. The van der Waals surface area contributed by atoms with Gasteiger partial charge in [0.1, 0.15) is 0 Å². The summed E-state index contributed by atoms with van der Waals surface area (Å²) in [4.78, 5) is 24.1. The number of carbonyl (C=O) groups excluding carboxylic acids is 1. The molecule has 1 atom stereocenters. The van der Waals surface area contributed by atoms with Crippen LogP contribution >= 0.6 is 0 Å². The lowest BCUT2D eigenvalue weighted by atomic mass is 9.97. The molecule has 1 aromatic carbocycles. The number of nitrogens with one attached hydrogen (secondary N) is 1. The van der Waals surface area contributed by atoms with Crippen LogP contribution < -0.4 is 10.2 Å². The number of unbranched alkanes of at least 4 members (excludes halogenated alkanes) is 1. The van der Waals surface area contributed by atoms with E-state index in [4.69, 9.17) is 4.98 Å². The number of aromatic nitrogens is 2. The Labute approximate surface area is 143 Å². The largest absolute Gasteiger partial charge is 0.356 e. The molecule has 128 valence electrons. The molecule has 5 nitrogen and oxygen atoms in total. The monoisotopic (exact) mass is 326 g/mol. The maximum atomic E-state index is 12.4. The third kappa shape index (κ3) is 3.66. The smallest absolute Gasteiger partial charge is 0.224 e. The number of piperidine rings is 1. The Kier molecular flexibility index (Phi) is 5.28. The van der Waals surface area contributed by atoms with Crippen LogP contribution in [0.3, 0.4) is 0 Å². The van der Waals surface area contributed by atoms with Gasteiger partial charge in [-0.2, -0.15) is 0 Å². The molecule has 2 heterocycles. The van der Waals surface area contributed by atoms with Gasteiger partial charge < -0.3 is 10.2 Å². The first-order chi connectivity index (χ1) is 11.7. The first kappa shape index (κ1) is 16.7. The number of hydrogen-bond acceptors (Lipinski definition) is 4. The van der Waals surface area contributed by atoms with Gasteiger partial charge in [-0.3, -0.25) is 4.79 Å². The van der Waals surface area contributed by atoms with Crippen LogP contribution in [0.1, 0.15) is 38.3 Å². The first-order valence-corrected chi connectivity index (χ1v) is 8.95. The minimum absolute atomic E-state index is 0.0447. The Bertz CT molecular complexity index is 716. The van der Waals surface area contributed by atoms with E-state index in [9.17, 15) is 4.79 Å². The van der Waals surface area contributed by atoms with E-state index in [0.29, 0.717) is 0 Å². The zero-order chi connectivity index (χ0) is 16.9. The molecule has 1 amide bonds. The Morgan fingerprint density at radius 3 is 2.79 bits per heavy atom. The summed E-state index contributed by atoms with van der Waals surface area (Å²) in [6, 6.07) is 7.94. The number of carbonyl (C=O) groups is 1. The summed E-state index contributed by atoms with van der Waals surface area (Å²) >= 11 is 0. The van der Waals surface area contributed by atoms with Crippen molar-refractivity contribution < 1.29 is 4.79 Å². The van der Waals surface area contributed by atoms with E-state index in [1.54, 1.807) is 0 Å². The van der Waals surface area contributed by atoms with Gasteiger partial charge in [-0.25, -0.2) is 9.97 Å². The Morgan fingerprint density at radius 2 is 2.04 bits per heavy atom. The topological polar surface area (TPSA) is 58.1 Å². The van der Waals surface area contributed by atoms with E-state index < -0.39 is 0 Å². The van der Waals surface area contributed by atoms with Gasteiger partial charge in [0.25, 0.3) is 0 Å². The average Bonchev–Trinajstić information content (AvgIpc) is 2.61. The molecule has 1 fully saturated rings. The second-order valence-electron chi connectivity index (χ2n) is 6.55. The Balaban J connectivity index is 1.74. The van der Waals surface area contributed by atoms with Gasteiger partial charge >= 0.3 is 0 Å². The van der Waals surface area contributed by atoms with Crippen LogP contribution in [0.2, 0.25) is 0 Å². The van der Waals surface area contributed by atoms with Gasteiger partial charge in [-0.1, -0.05) is 25.5 Å². The fraction of sp³-hybridized carbons (Fsp3) is 0.526. The molecule has 1 saturated heterocycles. The standard InChI is InChI=1S/C19H26N4O/c1-3-4-11-20-19(24)15-8-7-12-23(13-15)18-14(2)21-16-9-5-6-10-17(16)22-18/h5-6,9-10,15H,3-4,7-8,11-13H2,1-2H3,(H,20,24). The SMILES string of the molecule is CCCCNC(=O)C1CCCN(c2nc3ccccc3nc2C)C1. The number of para-hydroxylation sites is 2. The average molecular weight is 326 g/mol. The number of aryl methyl sites for hydroxylation is 1. The van der Waals surface area contributed by atoms with Crippen LogP contribution in [0.25, 0.3) is 11.0 Å². The number of hydrogen-bond donors (Lipinski definition) is 1. The molecule has 24 heavy (non-hydrogen) atoms. The highest BCUT2D eigenvalue weighted by atomic mass is 16.1. The number of nitrogens with zero attached hydrogens (tertiary/aromatic N) is 3. The molecule has 1 aromatic heterocycles. The highest BCUT2D eigenvalue weighted by Crippen LogP contribution is 2.25. The minimum Gasteiger partial charge on any atom is -0.356 e. The zero-order valence-electron chi connectivity index (χ0n) is 14.6. The van der Waals surface area contributed by atoms with E-state index >= 15 is 0 Å². The fourth-order valence-electron chi connectivity index (χ4n) is 3.29. The molecule has 3 rings (SSSR count). The van der Waals surface area contributed by atoms with Gasteiger partial charge in [-0.15, -0.1) is 0 Å². The van der Waals surface area contributed by atoms with Gasteiger partial charge in [0.15, 0.2) is 5.82 Å². The minimum atomic E-state index is 0.0447. The second kappa shape index (κ2) is 7.60. The predicted molar refractivity (Wildman–Crippen MR) is 97.1 cm³/mol. The van der Waals surface area contributed by atoms with E-state index in [1.807, 2.05) is 31.2 Å². The molecule has 5 heteroatoms. The number of fused-ring (bicyclic) bond motifs is 1. The van der Waals surface area contributed by atoms with E-state index in [2.05, 4.69) is 22.1 Å². The van der Waals surface area contributed by atoms with E-state index in [0.717, 1.165) is 67.9 Å². The third-order valence-electron chi connectivity index (χ3n) is 4.64. The molecule has 1 N–H and O–H groups in total. The number of benzene rings is 1. The van der Waals surface area contributed by atoms with Crippen LogP contribution in [0, 0.1) is 12.8 Å². The molecule has 0 radical (unpaired) electrons. The normalized spacial score (nSPS) is 17.9.